The zero-order chi connectivity index (χ0) is 14.6. The second-order valence-electron chi connectivity index (χ2n) is 3.77. The van der Waals surface area contributed by atoms with E-state index in [9.17, 15) is 22.4 Å². The van der Waals surface area contributed by atoms with Gasteiger partial charge in [0.25, 0.3) is 5.91 Å². The first-order valence-electron chi connectivity index (χ1n) is 5.15. The number of nitrogens with two attached hydrogens (primary N) is 1. The first-order chi connectivity index (χ1) is 8.76. The lowest BCUT2D eigenvalue weighted by Gasteiger charge is -2.16. The van der Waals surface area contributed by atoms with Gasteiger partial charge in [-0.25, -0.2) is 19.6 Å². The third-order valence-corrected chi connectivity index (χ3v) is 2.17. The molecule has 0 atom stereocenters. The molecule has 1 rings (SSSR count). The van der Waals surface area contributed by atoms with Crippen LogP contribution in [-0.4, -0.2) is 29.8 Å². The van der Waals surface area contributed by atoms with Crippen molar-refractivity contribution in [1.29, 1.82) is 0 Å². The van der Waals surface area contributed by atoms with Crippen molar-refractivity contribution in [2.24, 2.45) is 5.84 Å². The predicted octanol–water partition coefficient (Wildman–Crippen LogP) is 1.31. The van der Waals surface area contributed by atoms with Crippen LogP contribution >= 0.6 is 0 Å². The van der Waals surface area contributed by atoms with Crippen molar-refractivity contribution in [3.05, 3.63) is 23.4 Å². The standard InChI is InChI=1S/C10H12F4N4O/c1-5-2-6(3-7(17-5)18-15)8(19)16-4-10(13,14)9(11)12/h2-3,9H,4,15H2,1H3,(H,16,19)(H,17,18). The van der Waals surface area contributed by atoms with E-state index in [-0.39, 0.29) is 11.4 Å². The SMILES string of the molecule is Cc1cc(C(=O)NCC(F)(F)C(F)F)cc(NN)n1. The van der Waals surface area contributed by atoms with Crippen LogP contribution in [0.2, 0.25) is 0 Å². The maximum atomic E-state index is 12.6. The Kier molecular flexibility index (Phi) is 4.65. The Bertz CT molecular complexity index is 467. The van der Waals surface area contributed by atoms with Crippen molar-refractivity contribution in [3.8, 4) is 0 Å². The van der Waals surface area contributed by atoms with Crippen molar-refractivity contribution in [3.63, 3.8) is 0 Å². The number of nitrogens with one attached hydrogen (secondary N) is 2. The lowest BCUT2D eigenvalue weighted by molar-refractivity contribution is -0.123. The van der Waals surface area contributed by atoms with E-state index in [1.807, 2.05) is 0 Å². The number of carbonyl (C=O) groups is 1. The van der Waals surface area contributed by atoms with Crippen molar-refractivity contribution >= 4 is 11.7 Å². The molecule has 0 aliphatic carbocycles. The third kappa shape index (κ3) is 4.05. The molecule has 9 heteroatoms. The third-order valence-electron chi connectivity index (χ3n) is 2.17. The van der Waals surface area contributed by atoms with Crippen LogP contribution in [0.3, 0.4) is 0 Å². The fourth-order valence-corrected chi connectivity index (χ4v) is 1.25. The minimum absolute atomic E-state index is 0.00878. The highest BCUT2D eigenvalue weighted by Gasteiger charge is 2.40. The van der Waals surface area contributed by atoms with Crippen LogP contribution in [0.1, 0.15) is 16.1 Å². The van der Waals surface area contributed by atoms with Crippen LogP contribution in [0.15, 0.2) is 12.1 Å². The number of alkyl halides is 4. The molecule has 19 heavy (non-hydrogen) atoms. The van der Waals surface area contributed by atoms with E-state index >= 15 is 0 Å². The maximum absolute atomic E-state index is 12.6. The number of amides is 1. The molecule has 1 heterocycles. The maximum Gasteiger partial charge on any atom is 0.324 e. The average Bonchev–Trinajstić information content (AvgIpc) is 2.34. The van der Waals surface area contributed by atoms with Gasteiger partial charge >= 0.3 is 12.3 Å². The predicted molar refractivity (Wildman–Crippen MR) is 60.1 cm³/mol. The molecule has 0 bridgehead atoms. The molecular formula is C10H12F4N4O. The van der Waals surface area contributed by atoms with Gasteiger partial charge in [-0.2, -0.15) is 8.78 Å². The van der Waals surface area contributed by atoms with Crippen molar-refractivity contribution in [2.45, 2.75) is 19.3 Å². The number of hydrazine groups is 1. The van der Waals surface area contributed by atoms with Gasteiger partial charge in [0.05, 0.1) is 6.54 Å². The number of carbonyl (C=O) groups excluding carboxylic acids is 1. The van der Waals surface area contributed by atoms with Gasteiger partial charge in [0, 0.05) is 11.3 Å². The van der Waals surface area contributed by atoms with E-state index in [4.69, 9.17) is 5.84 Å². The van der Waals surface area contributed by atoms with Crippen molar-refractivity contribution < 1.29 is 22.4 Å². The summed E-state index contributed by atoms with van der Waals surface area (Å²) in [6, 6.07) is 2.53. The number of nitrogen functional groups attached to an aromatic ring is 1. The van der Waals surface area contributed by atoms with Crippen LogP contribution in [0, 0.1) is 6.92 Å². The molecule has 0 saturated heterocycles. The molecule has 0 aliphatic rings. The number of aromatic nitrogens is 1. The molecule has 0 spiro atoms. The zero-order valence-corrected chi connectivity index (χ0v) is 9.88. The molecule has 1 amide bonds. The molecule has 0 aliphatic heterocycles. The monoisotopic (exact) mass is 280 g/mol. The van der Waals surface area contributed by atoms with Crippen LogP contribution < -0.4 is 16.6 Å². The van der Waals surface area contributed by atoms with Gasteiger partial charge in [0.15, 0.2) is 0 Å². The normalized spacial score (nSPS) is 11.5. The lowest BCUT2D eigenvalue weighted by Crippen LogP contribution is -2.41. The minimum atomic E-state index is -4.27. The molecule has 1 aromatic rings. The summed E-state index contributed by atoms with van der Waals surface area (Å²) < 4.78 is 49.1. The number of anilines is 1. The van der Waals surface area contributed by atoms with E-state index < -0.39 is 24.8 Å². The molecule has 4 N–H and O–H groups in total. The summed E-state index contributed by atoms with van der Waals surface area (Å²) in [6.45, 7) is 0.113. The number of halogens is 4. The van der Waals surface area contributed by atoms with Crippen molar-refractivity contribution in [2.75, 3.05) is 12.0 Å². The van der Waals surface area contributed by atoms with Gasteiger partial charge < -0.3 is 10.7 Å². The summed E-state index contributed by atoms with van der Waals surface area (Å²) in [4.78, 5) is 15.4. The topological polar surface area (TPSA) is 80.0 Å². The highest BCUT2D eigenvalue weighted by atomic mass is 19.3. The van der Waals surface area contributed by atoms with Crippen LogP contribution in [-0.2, 0) is 0 Å². The first kappa shape index (κ1) is 15.2. The van der Waals surface area contributed by atoms with E-state index in [1.54, 1.807) is 12.2 Å². The largest absolute Gasteiger partial charge is 0.346 e. The molecule has 5 nitrogen and oxygen atoms in total. The van der Waals surface area contributed by atoms with Crippen LogP contribution in [0.4, 0.5) is 23.4 Å². The number of aryl methyl sites for hydroxylation is 1. The molecule has 0 radical (unpaired) electrons. The van der Waals surface area contributed by atoms with E-state index in [0.717, 1.165) is 0 Å². The zero-order valence-electron chi connectivity index (χ0n) is 9.88. The quantitative estimate of drug-likeness (QED) is 0.431. The van der Waals surface area contributed by atoms with Gasteiger partial charge in [-0.1, -0.05) is 0 Å². The van der Waals surface area contributed by atoms with Crippen LogP contribution in [0.25, 0.3) is 0 Å². The fourth-order valence-electron chi connectivity index (χ4n) is 1.25. The van der Waals surface area contributed by atoms with Crippen LogP contribution in [0.5, 0.6) is 0 Å². The number of rotatable bonds is 5. The Morgan fingerprint density at radius 2 is 2.11 bits per heavy atom. The number of hydrogen-bond donors (Lipinski definition) is 3. The molecule has 0 unspecified atom stereocenters. The number of hydrogen-bond acceptors (Lipinski definition) is 4. The smallest absolute Gasteiger partial charge is 0.324 e. The molecule has 1 aromatic heterocycles. The first-order valence-corrected chi connectivity index (χ1v) is 5.15. The van der Waals surface area contributed by atoms with Gasteiger partial charge in [-0.05, 0) is 19.1 Å². The molecule has 0 aromatic carbocycles. The van der Waals surface area contributed by atoms with Gasteiger partial charge in [0.1, 0.15) is 5.82 Å². The summed E-state index contributed by atoms with van der Waals surface area (Å²) >= 11 is 0. The van der Waals surface area contributed by atoms with E-state index in [1.165, 1.54) is 12.1 Å². The highest BCUT2D eigenvalue weighted by molar-refractivity contribution is 5.95. The summed E-state index contributed by atoms with van der Waals surface area (Å²) in [6.07, 6.45) is -3.84. The Balaban J connectivity index is 2.76. The Morgan fingerprint density at radius 1 is 1.47 bits per heavy atom. The van der Waals surface area contributed by atoms with Gasteiger partial charge in [-0.3, -0.25) is 4.79 Å². The Hall–Kier alpha value is -1.90. The molecule has 0 fully saturated rings. The van der Waals surface area contributed by atoms with E-state index in [2.05, 4.69) is 10.4 Å². The summed E-state index contributed by atoms with van der Waals surface area (Å²) in [5.74, 6) is 0.0798. The second kappa shape index (κ2) is 5.83. The summed E-state index contributed by atoms with van der Waals surface area (Å²) in [5, 5.41) is 1.73. The van der Waals surface area contributed by atoms with E-state index in [0.29, 0.717) is 5.69 Å². The van der Waals surface area contributed by atoms with Gasteiger partial charge in [-0.15, -0.1) is 0 Å². The highest BCUT2D eigenvalue weighted by Crippen LogP contribution is 2.21. The second-order valence-corrected chi connectivity index (χ2v) is 3.77. The minimum Gasteiger partial charge on any atom is -0.346 e. The Morgan fingerprint density at radius 3 is 2.63 bits per heavy atom. The van der Waals surface area contributed by atoms with Gasteiger partial charge in [0.2, 0.25) is 0 Å². The molecule has 0 saturated carbocycles. The van der Waals surface area contributed by atoms with Crippen molar-refractivity contribution in [1.82, 2.24) is 10.3 Å². The number of pyridine rings is 1. The summed E-state index contributed by atoms with van der Waals surface area (Å²) in [5.41, 5.74) is 2.60. The molecule has 106 valence electrons. The number of nitrogens with zero attached hydrogens (tertiary/aromatic N) is 1. The summed E-state index contributed by atoms with van der Waals surface area (Å²) in [7, 11) is 0. The lowest BCUT2D eigenvalue weighted by atomic mass is 10.2. The average molecular weight is 280 g/mol. The fraction of sp³-hybridized carbons (Fsp3) is 0.400. The Labute approximate surface area is 106 Å². The molecular weight excluding hydrogens is 268 g/mol.